The van der Waals surface area contributed by atoms with Crippen LogP contribution in [0.2, 0.25) is 0 Å². The zero-order valence-electron chi connectivity index (χ0n) is 5.30. The van der Waals surface area contributed by atoms with E-state index in [0.29, 0.717) is 17.9 Å². The second kappa shape index (κ2) is 1.71. The Morgan fingerprint density at radius 2 is 2.44 bits per heavy atom. The van der Waals surface area contributed by atoms with Crippen LogP contribution < -0.4 is 5.32 Å². The summed E-state index contributed by atoms with van der Waals surface area (Å²) in [6.07, 6.45) is 2.32. The number of fused-ring (bicyclic) bond motifs is 1. The van der Waals surface area contributed by atoms with E-state index in [-0.39, 0.29) is 0 Å². The third-order valence-corrected chi connectivity index (χ3v) is 2.38. The van der Waals surface area contributed by atoms with Crippen molar-refractivity contribution >= 4 is 0 Å². The van der Waals surface area contributed by atoms with Gasteiger partial charge in [0.15, 0.2) is 0 Å². The van der Waals surface area contributed by atoms with Crippen molar-refractivity contribution in [3.63, 3.8) is 0 Å². The van der Waals surface area contributed by atoms with Gasteiger partial charge in [-0.15, -0.1) is 0 Å². The number of rotatable bonds is 0. The van der Waals surface area contributed by atoms with Gasteiger partial charge in [-0.1, -0.05) is 0 Å². The first kappa shape index (κ1) is 5.25. The predicted octanol–water partition coefficient (Wildman–Crippen LogP) is 0.508. The molecule has 3 atom stereocenters. The first-order valence-corrected chi connectivity index (χ1v) is 3.55. The summed E-state index contributed by atoms with van der Waals surface area (Å²) >= 11 is 0. The third-order valence-electron chi connectivity index (χ3n) is 2.38. The molecule has 0 radical (unpaired) electrons. The molecule has 0 spiro atoms. The van der Waals surface area contributed by atoms with Gasteiger partial charge in [-0.05, 0) is 25.3 Å². The van der Waals surface area contributed by atoms with Crippen LogP contribution in [0.3, 0.4) is 0 Å². The summed E-state index contributed by atoms with van der Waals surface area (Å²) in [5.74, 6) is 1.08. The van der Waals surface area contributed by atoms with E-state index in [4.69, 9.17) is 5.26 Å². The van der Waals surface area contributed by atoms with Crippen molar-refractivity contribution in [1.29, 1.82) is 5.26 Å². The second-order valence-corrected chi connectivity index (χ2v) is 2.98. The molecule has 2 nitrogen and oxygen atoms in total. The maximum atomic E-state index is 8.61. The standard InChI is InChI=1S/C7H10N2/c8-4-5-1-2-9-7-3-6(5)7/h5-7,9H,1-3H2. The van der Waals surface area contributed by atoms with Gasteiger partial charge < -0.3 is 5.32 Å². The minimum Gasteiger partial charge on any atom is -0.314 e. The van der Waals surface area contributed by atoms with E-state index >= 15 is 0 Å². The van der Waals surface area contributed by atoms with Crippen molar-refractivity contribution in [3.8, 4) is 6.07 Å². The molecule has 1 heterocycles. The van der Waals surface area contributed by atoms with Crippen molar-refractivity contribution in [3.05, 3.63) is 0 Å². The summed E-state index contributed by atoms with van der Waals surface area (Å²) < 4.78 is 0. The Balaban J connectivity index is 2.02. The van der Waals surface area contributed by atoms with Gasteiger partial charge in [0.25, 0.3) is 0 Å². The summed E-state index contributed by atoms with van der Waals surface area (Å²) in [7, 11) is 0. The molecule has 0 aromatic carbocycles. The van der Waals surface area contributed by atoms with Gasteiger partial charge in [0.2, 0.25) is 0 Å². The Morgan fingerprint density at radius 1 is 1.56 bits per heavy atom. The Morgan fingerprint density at radius 3 is 3.11 bits per heavy atom. The van der Waals surface area contributed by atoms with E-state index < -0.39 is 0 Å². The Kier molecular flexibility index (Phi) is 1.000. The number of hydrogen-bond donors (Lipinski definition) is 1. The van der Waals surface area contributed by atoms with Crippen LogP contribution in [0.25, 0.3) is 0 Å². The molecule has 1 saturated carbocycles. The summed E-state index contributed by atoms with van der Waals surface area (Å²) in [5, 5.41) is 12.0. The molecule has 1 aliphatic carbocycles. The van der Waals surface area contributed by atoms with Crippen molar-refractivity contribution in [2.75, 3.05) is 6.54 Å². The van der Waals surface area contributed by atoms with Crippen LogP contribution in [-0.4, -0.2) is 12.6 Å². The SMILES string of the molecule is N#CC1CCNC2CC12. The van der Waals surface area contributed by atoms with Crippen LogP contribution in [0.15, 0.2) is 0 Å². The van der Waals surface area contributed by atoms with Gasteiger partial charge in [0.1, 0.15) is 0 Å². The molecule has 2 rings (SSSR count). The molecule has 1 aliphatic heterocycles. The molecule has 0 aromatic rings. The first-order chi connectivity index (χ1) is 4.42. The lowest BCUT2D eigenvalue weighted by Crippen LogP contribution is -2.28. The molecule has 2 heteroatoms. The fourth-order valence-electron chi connectivity index (χ4n) is 1.69. The van der Waals surface area contributed by atoms with Crippen molar-refractivity contribution in [2.45, 2.75) is 18.9 Å². The third kappa shape index (κ3) is 0.727. The van der Waals surface area contributed by atoms with Gasteiger partial charge in [-0.3, -0.25) is 0 Å². The smallest absolute Gasteiger partial charge is 0.0659 e. The minimum atomic E-state index is 0.372. The lowest BCUT2D eigenvalue weighted by Gasteiger charge is -2.14. The highest BCUT2D eigenvalue weighted by Crippen LogP contribution is 2.41. The van der Waals surface area contributed by atoms with Crippen LogP contribution in [0.1, 0.15) is 12.8 Å². The normalized spacial score (nSPS) is 47.2. The van der Waals surface area contributed by atoms with E-state index in [1.165, 1.54) is 6.42 Å². The molecule has 1 N–H and O–H groups in total. The molecule has 3 unspecified atom stereocenters. The van der Waals surface area contributed by atoms with Crippen LogP contribution in [-0.2, 0) is 0 Å². The van der Waals surface area contributed by atoms with Gasteiger partial charge in [0, 0.05) is 6.04 Å². The van der Waals surface area contributed by atoms with Gasteiger partial charge >= 0.3 is 0 Å². The van der Waals surface area contributed by atoms with Crippen molar-refractivity contribution < 1.29 is 0 Å². The molecule has 0 bridgehead atoms. The van der Waals surface area contributed by atoms with E-state index in [0.717, 1.165) is 13.0 Å². The van der Waals surface area contributed by atoms with Crippen LogP contribution in [0.5, 0.6) is 0 Å². The molecule has 2 fully saturated rings. The number of nitriles is 1. The van der Waals surface area contributed by atoms with E-state index in [1.807, 2.05) is 0 Å². The average Bonchev–Trinajstić information content (AvgIpc) is 2.64. The maximum absolute atomic E-state index is 8.61. The molecular weight excluding hydrogens is 112 g/mol. The molecule has 2 aliphatic rings. The first-order valence-electron chi connectivity index (χ1n) is 3.55. The van der Waals surface area contributed by atoms with Crippen molar-refractivity contribution in [2.24, 2.45) is 11.8 Å². The molecule has 0 amide bonds. The highest BCUT2D eigenvalue weighted by Gasteiger charge is 2.45. The van der Waals surface area contributed by atoms with E-state index in [9.17, 15) is 0 Å². The summed E-state index contributed by atoms with van der Waals surface area (Å²) in [6, 6.07) is 3.07. The molecule has 9 heavy (non-hydrogen) atoms. The van der Waals surface area contributed by atoms with Crippen LogP contribution in [0, 0.1) is 23.2 Å². The van der Waals surface area contributed by atoms with Gasteiger partial charge in [-0.25, -0.2) is 0 Å². The van der Waals surface area contributed by atoms with Crippen LogP contribution >= 0.6 is 0 Å². The summed E-state index contributed by atoms with van der Waals surface area (Å²) in [6.45, 7) is 1.05. The monoisotopic (exact) mass is 122 g/mol. The van der Waals surface area contributed by atoms with Gasteiger partial charge in [-0.2, -0.15) is 5.26 Å². The maximum Gasteiger partial charge on any atom is 0.0659 e. The van der Waals surface area contributed by atoms with Crippen LogP contribution in [0.4, 0.5) is 0 Å². The van der Waals surface area contributed by atoms with Crippen molar-refractivity contribution in [1.82, 2.24) is 5.32 Å². The highest BCUT2D eigenvalue weighted by molar-refractivity contribution is 5.07. The number of nitrogens with one attached hydrogen (secondary N) is 1. The summed E-state index contributed by atoms with van der Waals surface area (Å²) in [5.41, 5.74) is 0. The quantitative estimate of drug-likeness (QED) is 0.508. The Hall–Kier alpha value is -0.550. The molecule has 48 valence electrons. The van der Waals surface area contributed by atoms with E-state index in [2.05, 4.69) is 11.4 Å². The zero-order valence-corrected chi connectivity index (χ0v) is 5.30. The topological polar surface area (TPSA) is 35.8 Å². The number of nitrogens with zero attached hydrogens (tertiary/aromatic N) is 1. The lowest BCUT2D eigenvalue weighted by molar-refractivity contribution is 0.426. The molecular formula is C7H10N2. The minimum absolute atomic E-state index is 0.372. The number of hydrogen-bond acceptors (Lipinski definition) is 2. The fraction of sp³-hybridized carbons (Fsp3) is 0.857. The average molecular weight is 122 g/mol. The largest absolute Gasteiger partial charge is 0.314 e. The molecule has 1 saturated heterocycles. The lowest BCUT2D eigenvalue weighted by atomic mass is 9.99. The fourth-order valence-corrected chi connectivity index (χ4v) is 1.69. The summed E-state index contributed by atoms with van der Waals surface area (Å²) in [4.78, 5) is 0. The second-order valence-electron chi connectivity index (χ2n) is 2.98. The zero-order chi connectivity index (χ0) is 6.27. The van der Waals surface area contributed by atoms with Gasteiger partial charge in [0.05, 0.1) is 12.0 Å². The highest BCUT2D eigenvalue weighted by atomic mass is 15.0. The Labute approximate surface area is 54.9 Å². The van der Waals surface area contributed by atoms with E-state index in [1.54, 1.807) is 0 Å². The molecule has 0 aromatic heterocycles. The predicted molar refractivity (Wildman–Crippen MR) is 33.6 cm³/mol. The Bertz CT molecular complexity index is 159. The number of piperidine rings is 1.